The Balaban J connectivity index is 1.52. The van der Waals surface area contributed by atoms with Crippen molar-refractivity contribution in [1.82, 2.24) is 4.98 Å². The quantitative estimate of drug-likeness (QED) is 0.435. The Morgan fingerprint density at radius 2 is 2.12 bits per heavy atom. The molecule has 0 fully saturated rings. The van der Waals surface area contributed by atoms with Gasteiger partial charge in [-0.2, -0.15) is 0 Å². The number of hydrogen-bond acceptors (Lipinski definition) is 5. The first-order valence-electron chi connectivity index (χ1n) is 9.19. The lowest BCUT2D eigenvalue weighted by Crippen LogP contribution is -2.03. The first-order valence-corrected chi connectivity index (χ1v) is 9.07. The number of aromatic nitrogens is 1. The minimum Gasteiger partial charge on any atom is -0.493 e. The molecule has 4 nitrogen and oxygen atoms in total. The fraction of sp³-hybridized carbons (Fsp3) is 0.143. The number of carbonyl (C=O) groups excluding carboxylic acids is 1. The molecule has 2 aromatic carbocycles. The molecule has 4 aromatic rings. The Labute approximate surface area is 157 Å². The van der Waals surface area contributed by atoms with Gasteiger partial charge in [-0.25, -0.2) is 4.98 Å². The van der Waals surface area contributed by atoms with Crippen molar-refractivity contribution < 1.29 is 16.7 Å². The fourth-order valence-electron chi connectivity index (χ4n) is 2.78. The van der Waals surface area contributed by atoms with E-state index in [1.165, 1.54) is 11.3 Å². The Morgan fingerprint density at radius 3 is 2.92 bits per heavy atom. The average Bonchev–Trinajstić information content (AvgIpc) is 3.29. The molecule has 0 radical (unpaired) electrons. The van der Waals surface area contributed by atoms with Gasteiger partial charge in [0.15, 0.2) is 6.29 Å². The van der Waals surface area contributed by atoms with Crippen LogP contribution in [0.3, 0.4) is 0 Å². The molecular weight excluding hydrogens is 346 g/mol. The first-order chi connectivity index (χ1) is 13.6. The monoisotopic (exact) mass is 365 g/mol. The van der Waals surface area contributed by atoms with Crippen molar-refractivity contribution in [2.24, 2.45) is 0 Å². The highest BCUT2D eigenvalue weighted by atomic mass is 32.1. The van der Waals surface area contributed by atoms with Gasteiger partial charge < -0.3 is 9.15 Å². The summed E-state index contributed by atoms with van der Waals surface area (Å²) in [5.41, 5.74) is 1.79. The predicted octanol–water partition coefficient (Wildman–Crippen LogP) is 5.30. The van der Waals surface area contributed by atoms with E-state index in [4.69, 9.17) is 11.9 Å². The van der Waals surface area contributed by atoms with Crippen LogP contribution >= 0.6 is 11.3 Å². The van der Waals surface area contributed by atoms with Gasteiger partial charge in [0.2, 0.25) is 5.89 Å². The number of oxazole rings is 1. The van der Waals surface area contributed by atoms with Crippen LogP contribution in [0.2, 0.25) is 0 Å². The molecule has 0 saturated carbocycles. The van der Waals surface area contributed by atoms with Crippen LogP contribution in [0, 0.1) is 6.92 Å². The Kier molecular flexibility index (Phi) is 3.92. The van der Waals surface area contributed by atoms with Crippen LogP contribution in [0.1, 0.15) is 24.6 Å². The van der Waals surface area contributed by atoms with Crippen LogP contribution in [-0.4, -0.2) is 17.9 Å². The van der Waals surface area contributed by atoms with Crippen LogP contribution in [-0.2, 0) is 6.42 Å². The zero-order valence-electron chi connectivity index (χ0n) is 16.1. The van der Waals surface area contributed by atoms with E-state index in [0.717, 1.165) is 27.8 Å². The second-order valence-corrected chi connectivity index (χ2v) is 6.66. The molecule has 5 heteroatoms. The largest absolute Gasteiger partial charge is 0.493 e. The number of carbonyl (C=O) groups is 1. The summed E-state index contributed by atoms with van der Waals surface area (Å²) in [7, 11) is 0. The maximum absolute atomic E-state index is 11.2. The molecule has 0 amide bonds. The van der Waals surface area contributed by atoms with Gasteiger partial charge in [0, 0.05) is 27.6 Å². The second-order valence-electron chi connectivity index (χ2n) is 5.74. The number of thiophene rings is 1. The standard InChI is InChI=1S/C21H17NO3S/c1-14-18(22-21(25-14)15-5-3-2-4-6-15)9-11-24-19-8-7-16(13-23)20-17(19)10-12-26-20/h2-8,10,12-13H,9,11H2,1H3/i5D,6D. The molecule has 0 N–H and O–H groups in total. The molecule has 0 atom stereocenters. The molecule has 0 aliphatic rings. The van der Waals surface area contributed by atoms with Gasteiger partial charge in [0.25, 0.3) is 0 Å². The summed E-state index contributed by atoms with van der Waals surface area (Å²) < 4.78 is 28.6. The highest BCUT2D eigenvalue weighted by Gasteiger charge is 2.12. The van der Waals surface area contributed by atoms with Crippen LogP contribution < -0.4 is 4.74 Å². The summed E-state index contributed by atoms with van der Waals surface area (Å²) in [6, 6.07) is 10.8. The van der Waals surface area contributed by atoms with Crippen molar-refractivity contribution in [3.63, 3.8) is 0 Å². The molecule has 26 heavy (non-hydrogen) atoms. The van der Waals surface area contributed by atoms with Gasteiger partial charge in [-0.15, -0.1) is 11.3 Å². The molecule has 4 rings (SSSR count). The van der Waals surface area contributed by atoms with E-state index in [-0.39, 0.29) is 12.1 Å². The summed E-state index contributed by atoms with van der Waals surface area (Å²) in [6.07, 6.45) is 1.39. The van der Waals surface area contributed by atoms with E-state index >= 15 is 0 Å². The van der Waals surface area contributed by atoms with Crippen LogP contribution in [0.4, 0.5) is 0 Å². The van der Waals surface area contributed by atoms with Crippen molar-refractivity contribution in [2.45, 2.75) is 13.3 Å². The average molecular weight is 365 g/mol. The summed E-state index contributed by atoms with van der Waals surface area (Å²) in [4.78, 5) is 15.6. The highest BCUT2D eigenvalue weighted by Crippen LogP contribution is 2.32. The van der Waals surface area contributed by atoms with Gasteiger partial charge in [0.1, 0.15) is 11.5 Å². The SMILES string of the molecule is [2H]c1cccc([2H])c1-c1nc(CCOc2ccc(C=O)c3sccc23)c(C)o1. The molecular formula is C21H17NO3S. The molecule has 130 valence electrons. The molecule has 0 saturated heterocycles. The number of rotatable bonds is 6. The number of aldehydes is 1. The molecule has 0 aliphatic carbocycles. The number of hydrogen-bond donors (Lipinski definition) is 0. The van der Waals surface area contributed by atoms with E-state index in [0.29, 0.717) is 35.8 Å². The van der Waals surface area contributed by atoms with Crippen molar-refractivity contribution >= 4 is 27.7 Å². The Bertz CT molecular complexity index is 1150. The molecule has 2 aromatic heterocycles. The minimum absolute atomic E-state index is 0.215. The fourth-order valence-corrected chi connectivity index (χ4v) is 3.67. The van der Waals surface area contributed by atoms with Crippen LogP contribution in [0.25, 0.3) is 21.5 Å². The van der Waals surface area contributed by atoms with E-state index in [9.17, 15) is 4.79 Å². The molecule has 0 spiro atoms. The molecule has 0 aliphatic heterocycles. The van der Waals surface area contributed by atoms with Gasteiger partial charge in [-0.05, 0) is 42.6 Å². The van der Waals surface area contributed by atoms with Crippen LogP contribution in [0.15, 0.2) is 58.3 Å². The smallest absolute Gasteiger partial charge is 0.226 e. The first kappa shape index (κ1) is 14.3. The Morgan fingerprint density at radius 1 is 1.27 bits per heavy atom. The molecule has 0 bridgehead atoms. The number of fused-ring (bicyclic) bond motifs is 1. The van der Waals surface area contributed by atoms with Gasteiger partial charge in [-0.1, -0.05) is 18.2 Å². The normalized spacial score (nSPS) is 12.0. The van der Waals surface area contributed by atoms with Crippen molar-refractivity contribution in [2.75, 3.05) is 6.61 Å². The minimum atomic E-state index is 0.215. The van der Waals surface area contributed by atoms with Gasteiger partial charge in [0.05, 0.1) is 15.0 Å². The predicted molar refractivity (Wildman–Crippen MR) is 103 cm³/mol. The number of benzene rings is 2. The van der Waals surface area contributed by atoms with Gasteiger partial charge >= 0.3 is 0 Å². The van der Waals surface area contributed by atoms with E-state index in [2.05, 4.69) is 4.98 Å². The third kappa shape index (κ3) is 3.13. The summed E-state index contributed by atoms with van der Waals surface area (Å²) in [6.45, 7) is 2.21. The number of aryl methyl sites for hydroxylation is 1. The Hall–Kier alpha value is -2.92. The van der Waals surface area contributed by atoms with Gasteiger partial charge in [-0.3, -0.25) is 4.79 Å². The number of ether oxygens (including phenoxy) is 1. The molecule has 0 unspecified atom stereocenters. The van der Waals surface area contributed by atoms with Crippen LogP contribution in [0.5, 0.6) is 5.75 Å². The van der Waals surface area contributed by atoms with E-state index in [1.54, 1.807) is 24.3 Å². The second kappa shape index (κ2) is 7.14. The maximum Gasteiger partial charge on any atom is 0.226 e. The molecule has 2 heterocycles. The topological polar surface area (TPSA) is 52.3 Å². The zero-order valence-corrected chi connectivity index (χ0v) is 14.9. The van der Waals surface area contributed by atoms with Crippen molar-refractivity contribution in [3.8, 4) is 17.2 Å². The summed E-state index contributed by atoms with van der Waals surface area (Å²) >= 11 is 1.51. The highest BCUT2D eigenvalue weighted by molar-refractivity contribution is 7.17. The van der Waals surface area contributed by atoms with Crippen molar-refractivity contribution in [1.29, 1.82) is 0 Å². The zero-order chi connectivity index (χ0) is 19.7. The lowest BCUT2D eigenvalue weighted by atomic mass is 10.1. The maximum atomic E-state index is 11.2. The van der Waals surface area contributed by atoms with E-state index in [1.807, 2.05) is 24.4 Å². The third-order valence-electron chi connectivity index (χ3n) is 4.08. The van der Waals surface area contributed by atoms with Crippen molar-refractivity contribution in [3.05, 3.63) is 70.9 Å². The number of nitrogens with zero attached hydrogens (tertiary/aromatic N) is 1. The summed E-state index contributed by atoms with van der Waals surface area (Å²) in [5, 5.41) is 2.86. The summed E-state index contributed by atoms with van der Waals surface area (Å²) in [5.74, 6) is 1.67. The third-order valence-corrected chi connectivity index (χ3v) is 5.05. The van der Waals surface area contributed by atoms with E-state index < -0.39 is 0 Å². The lowest BCUT2D eigenvalue weighted by Gasteiger charge is -2.07. The lowest BCUT2D eigenvalue weighted by molar-refractivity contribution is 0.112.